The van der Waals surface area contributed by atoms with E-state index in [-0.39, 0.29) is 12.3 Å². The molecule has 6 heteroatoms. The molecule has 1 unspecified atom stereocenters. The molecule has 0 aliphatic carbocycles. The number of amides is 1. The molecule has 2 N–H and O–H groups in total. The summed E-state index contributed by atoms with van der Waals surface area (Å²) in [5.41, 5.74) is 3.94. The lowest BCUT2D eigenvalue weighted by Gasteiger charge is -2.25. The number of nitrogens with one attached hydrogen (secondary N) is 2. The Morgan fingerprint density at radius 1 is 1.35 bits per heavy atom. The number of carbonyl (C=O) groups is 1. The topological polar surface area (TPSA) is 56.8 Å². The number of hydrogen-bond donors (Lipinski definition) is 2. The Morgan fingerprint density at radius 3 is 2.70 bits per heavy atom. The molecule has 1 aliphatic heterocycles. The van der Waals surface area contributed by atoms with Crippen LogP contribution in [0.4, 0.5) is 10.5 Å². The summed E-state index contributed by atoms with van der Waals surface area (Å²) >= 11 is 0. The Kier molecular flexibility index (Phi) is 5.63. The molecule has 0 aromatic heterocycles. The molecule has 0 radical (unpaired) electrons. The second kappa shape index (κ2) is 7.48. The molecule has 1 amide bonds. The number of rotatable bonds is 5. The molecule has 1 atom stereocenters. The summed E-state index contributed by atoms with van der Waals surface area (Å²) < 4.78 is 5.32. The van der Waals surface area contributed by atoms with Crippen LogP contribution in [0, 0.1) is 0 Å². The fourth-order valence-electron chi connectivity index (χ4n) is 2.09. The molecule has 0 fully saturated rings. The third-order valence-corrected chi connectivity index (χ3v) is 3.26. The minimum absolute atomic E-state index is 0.0437. The summed E-state index contributed by atoms with van der Waals surface area (Å²) in [5, 5.41) is 5.31. The van der Waals surface area contributed by atoms with Gasteiger partial charge in [0.2, 0.25) is 0 Å². The van der Waals surface area contributed by atoms with Crippen molar-refractivity contribution in [1.82, 2.24) is 15.6 Å². The van der Waals surface area contributed by atoms with Crippen molar-refractivity contribution < 1.29 is 9.53 Å². The molecule has 0 bridgehead atoms. The van der Waals surface area contributed by atoms with E-state index < -0.39 is 5.60 Å². The summed E-state index contributed by atoms with van der Waals surface area (Å²) in [5.74, 6) is 0. The van der Waals surface area contributed by atoms with E-state index in [4.69, 9.17) is 4.74 Å². The molecule has 1 aromatic rings. The van der Waals surface area contributed by atoms with Crippen LogP contribution in [0.2, 0.25) is 0 Å². The van der Waals surface area contributed by atoms with Crippen molar-refractivity contribution in [2.45, 2.75) is 32.5 Å². The van der Waals surface area contributed by atoms with Crippen molar-refractivity contribution in [3.05, 3.63) is 42.6 Å². The van der Waals surface area contributed by atoms with Crippen LogP contribution < -0.4 is 15.8 Å². The van der Waals surface area contributed by atoms with Crippen LogP contribution in [-0.4, -0.2) is 42.9 Å². The first-order valence-electron chi connectivity index (χ1n) is 7.81. The molecule has 126 valence electrons. The number of hydrazine groups is 1. The van der Waals surface area contributed by atoms with Crippen molar-refractivity contribution in [2.75, 3.05) is 25.1 Å². The van der Waals surface area contributed by atoms with Crippen molar-refractivity contribution in [1.29, 1.82) is 0 Å². The summed E-state index contributed by atoms with van der Waals surface area (Å²) in [6.07, 6.45) is 3.77. The highest BCUT2D eigenvalue weighted by Crippen LogP contribution is 2.14. The fraction of sp³-hybridized carbons (Fsp3) is 0.471. The first-order valence-corrected chi connectivity index (χ1v) is 7.81. The maximum atomic E-state index is 11.9. The Labute approximate surface area is 138 Å². The van der Waals surface area contributed by atoms with E-state index in [9.17, 15) is 4.79 Å². The predicted octanol–water partition coefficient (Wildman–Crippen LogP) is 2.31. The average Bonchev–Trinajstić information content (AvgIpc) is 2.95. The maximum Gasteiger partial charge on any atom is 0.410 e. The number of para-hydroxylation sites is 1. The molecule has 1 aliphatic rings. The zero-order valence-corrected chi connectivity index (χ0v) is 14.2. The Hall–Kier alpha value is -2.05. The van der Waals surface area contributed by atoms with E-state index in [1.165, 1.54) is 0 Å². The fourth-order valence-corrected chi connectivity index (χ4v) is 2.09. The van der Waals surface area contributed by atoms with Gasteiger partial charge in [0.05, 0.1) is 11.9 Å². The predicted molar refractivity (Wildman–Crippen MR) is 91.9 cm³/mol. The number of nitrogens with zero attached hydrogens (tertiary/aromatic N) is 2. The van der Waals surface area contributed by atoms with Crippen LogP contribution in [0.5, 0.6) is 0 Å². The van der Waals surface area contributed by atoms with Gasteiger partial charge >= 0.3 is 6.09 Å². The van der Waals surface area contributed by atoms with Gasteiger partial charge in [0.1, 0.15) is 5.60 Å². The minimum atomic E-state index is -0.468. The summed E-state index contributed by atoms with van der Waals surface area (Å²) in [6, 6.07) is 10.1. The van der Waals surface area contributed by atoms with E-state index in [1.54, 1.807) is 11.9 Å². The van der Waals surface area contributed by atoms with Crippen LogP contribution in [0.15, 0.2) is 42.6 Å². The smallest absolute Gasteiger partial charge is 0.410 e. The monoisotopic (exact) mass is 318 g/mol. The van der Waals surface area contributed by atoms with Crippen LogP contribution in [-0.2, 0) is 4.74 Å². The maximum absolute atomic E-state index is 11.9. The lowest BCUT2D eigenvalue weighted by Crippen LogP contribution is -2.47. The standard InChI is InChI=1S/C17H26N4O2/c1-17(2,3)23-16(22)20(4)13-11-18-15-10-12-21(19-15)14-8-6-5-7-9-14/h5-10,12,15,18-19H,11,13H2,1-4H3. The number of anilines is 1. The Balaban J connectivity index is 1.70. The highest BCUT2D eigenvalue weighted by molar-refractivity contribution is 5.67. The molecule has 23 heavy (non-hydrogen) atoms. The molecular formula is C17H26N4O2. The molecule has 1 aromatic carbocycles. The highest BCUT2D eigenvalue weighted by Gasteiger charge is 2.20. The average molecular weight is 318 g/mol. The van der Waals surface area contributed by atoms with Crippen LogP contribution >= 0.6 is 0 Å². The van der Waals surface area contributed by atoms with E-state index >= 15 is 0 Å². The Morgan fingerprint density at radius 2 is 2.04 bits per heavy atom. The number of carbonyl (C=O) groups excluding carboxylic acids is 1. The number of benzene rings is 1. The van der Waals surface area contributed by atoms with Gasteiger partial charge in [0.15, 0.2) is 0 Å². The van der Waals surface area contributed by atoms with Gasteiger partial charge in [-0.15, -0.1) is 0 Å². The zero-order valence-electron chi connectivity index (χ0n) is 14.2. The highest BCUT2D eigenvalue weighted by atomic mass is 16.6. The normalized spacial score (nSPS) is 17.4. The van der Waals surface area contributed by atoms with Crippen molar-refractivity contribution >= 4 is 11.8 Å². The minimum Gasteiger partial charge on any atom is -0.444 e. The van der Waals surface area contributed by atoms with E-state index in [1.807, 2.05) is 68.4 Å². The van der Waals surface area contributed by atoms with Gasteiger partial charge in [-0.1, -0.05) is 18.2 Å². The summed E-state index contributed by atoms with van der Waals surface area (Å²) in [6.45, 7) is 6.83. The molecule has 0 saturated carbocycles. The number of ether oxygens (including phenoxy) is 1. The van der Waals surface area contributed by atoms with E-state index in [2.05, 4.69) is 10.7 Å². The summed E-state index contributed by atoms with van der Waals surface area (Å²) in [4.78, 5) is 13.4. The second-order valence-corrected chi connectivity index (χ2v) is 6.51. The van der Waals surface area contributed by atoms with Gasteiger partial charge in [-0.3, -0.25) is 10.3 Å². The number of likely N-dealkylation sites (N-methyl/N-ethyl adjacent to an activating group) is 1. The quantitative estimate of drug-likeness (QED) is 0.872. The SMILES string of the molecule is CN(CCNC1C=CN(c2ccccc2)N1)C(=O)OC(C)(C)C. The van der Waals surface area contributed by atoms with Crippen LogP contribution in [0.25, 0.3) is 0 Å². The first kappa shape index (κ1) is 17.3. The lowest BCUT2D eigenvalue weighted by molar-refractivity contribution is 0.0299. The van der Waals surface area contributed by atoms with Gasteiger partial charge in [-0.2, -0.15) is 0 Å². The largest absolute Gasteiger partial charge is 0.444 e. The van der Waals surface area contributed by atoms with Crippen molar-refractivity contribution in [3.63, 3.8) is 0 Å². The third-order valence-electron chi connectivity index (χ3n) is 3.26. The third kappa shape index (κ3) is 5.58. The molecular weight excluding hydrogens is 292 g/mol. The zero-order chi connectivity index (χ0) is 16.9. The van der Waals surface area contributed by atoms with E-state index in [0.717, 1.165) is 5.69 Å². The first-order chi connectivity index (χ1) is 10.8. The van der Waals surface area contributed by atoms with Crippen LogP contribution in [0.3, 0.4) is 0 Å². The van der Waals surface area contributed by atoms with Gasteiger partial charge in [0.25, 0.3) is 0 Å². The second-order valence-electron chi connectivity index (χ2n) is 6.51. The molecule has 6 nitrogen and oxygen atoms in total. The Bertz CT molecular complexity index is 539. The van der Waals surface area contributed by atoms with Gasteiger partial charge in [0, 0.05) is 26.3 Å². The van der Waals surface area contributed by atoms with E-state index in [0.29, 0.717) is 13.1 Å². The van der Waals surface area contributed by atoms with Gasteiger partial charge in [-0.05, 0) is 39.0 Å². The van der Waals surface area contributed by atoms with Crippen LogP contribution in [0.1, 0.15) is 20.8 Å². The summed E-state index contributed by atoms with van der Waals surface area (Å²) in [7, 11) is 1.74. The number of hydrogen-bond acceptors (Lipinski definition) is 5. The van der Waals surface area contributed by atoms with Gasteiger partial charge < -0.3 is 9.64 Å². The molecule has 0 spiro atoms. The molecule has 0 saturated heterocycles. The molecule has 2 rings (SSSR count). The van der Waals surface area contributed by atoms with Gasteiger partial charge in [-0.25, -0.2) is 10.2 Å². The van der Waals surface area contributed by atoms with Crippen molar-refractivity contribution in [2.24, 2.45) is 0 Å². The molecule has 1 heterocycles. The van der Waals surface area contributed by atoms with Crippen molar-refractivity contribution in [3.8, 4) is 0 Å². The lowest BCUT2D eigenvalue weighted by atomic mass is 10.2.